The molecule has 0 rings (SSSR count). The summed E-state index contributed by atoms with van der Waals surface area (Å²) in [5.74, 6) is -0.0354. The van der Waals surface area contributed by atoms with Crippen LogP contribution in [-0.4, -0.2) is 41.4 Å². The van der Waals surface area contributed by atoms with Crippen LogP contribution in [0.15, 0.2) is 0 Å². The zero-order valence-electron chi connectivity index (χ0n) is 21.6. The molecule has 0 heterocycles. The molecule has 0 fully saturated rings. The number of nitrogens with zero attached hydrogens (tertiary/aromatic N) is 1. The number of carbonyl (C=O) groups is 1. The molecule has 0 amide bonds. The molecule has 30 heavy (non-hydrogen) atoms. The number of aliphatic hydroxyl groups is 1. The van der Waals surface area contributed by atoms with Crippen molar-refractivity contribution in [1.82, 2.24) is 4.90 Å². The van der Waals surface area contributed by atoms with E-state index in [1.807, 2.05) is 32.8 Å². The van der Waals surface area contributed by atoms with Gasteiger partial charge in [-0.2, -0.15) is 0 Å². The first kappa shape index (κ1) is 29.4. The maximum absolute atomic E-state index is 12.7. The Bertz CT molecular complexity index is 448. The molecule has 1 N–H and O–H groups in total. The fourth-order valence-electron chi connectivity index (χ4n) is 4.20. The highest BCUT2D eigenvalue weighted by Crippen LogP contribution is 2.34. The summed E-state index contributed by atoms with van der Waals surface area (Å²) in [5.41, 5.74) is -2.16. The van der Waals surface area contributed by atoms with Crippen molar-refractivity contribution in [3.8, 4) is 0 Å². The van der Waals surface area contributed by atoms with Crippen LogP contribution in [0.4, 0.5) is 0 Å². The largest absolute Gasteiger partial charge is 0.441 e. The number of ether oxygens (including phenoxy) is 1. The first-order valence-electron chi connectivity index (χ1n) is 12.6. The van der Waals surface area contributed by atoms with Crippen LogP contribution in [0.25, 0.3) is 0 Å². The molecular weight excluding hydrogens is 374 g/mol. The zero-order chi connectivity index (χ0) is 23.2. The van der Waals surface area contributed by atoms with Crippen LogP contribution in [-0.2, 0) is 9.53 Å². The van der Waals surface area contributed by atoms with Crippen molar-refractivity contribution in [2.24, 2.45) is 11.8 Å². The Morgan fingerprint density at radius 2 is 1.30 bits per heavy atom. The summed E-state index contributed by atoms with van der Waals surface area (Å²) in [6.45, 7) is 11.9. The first-order chi connectivity index (χ1) is 14.0. The molecule has 0 aliphatic heterocycles. The van der Waals surface area contributed by atoms with Crippen LogP contribution in [0.1, 0.15) is 125 Å². The predicted molar refractivity (Wildman–Crippen MR) is 129 cm³/mol. The smallest absolute Gasteiger partial charge is 0.310 e. The molecule has 3 atom stereocenters. The zero-order valence-corrected chi connectivity index (χ0v) is 21.6. The highest BCUT2D eigenvalue weighted by Gasteiger charge is 2.49. The van der Waals surface area contributed by atoms with Crippen LogP contribution in [0.3, 0.4) is 0 Å². The van der Waals surface area contributed by atoms with E-state index in [2.05, 4.69) is 20.8 Å². The lowest BCUT2D eigenvalue weighted by Gasteiger charge is -2.47. The second kappa shape index (κ2) is 15.2. The highest BCUT2D eigenvalue weighted by atomic mass is 16.6. The van der Waals surface area contributed by atoms with E-state index >= 15 is 0 Å². The summed E-state index contributed by atoms with van der Waals surface area (Å²) in [5, 5.41) is 11.1. The van der Waals surface area contributed by atoms with E-state index in [-0.39, 0.29) is 11.9 Å². The van der Waals surface area contributed by atoms with E-state index in [1.54, 1.807) is 6.92 Å². The van der Waals surface area contributed by atoms with Crippen molar-refractivity contribution in [3.63, 3.8) is 0 Å². The van der Waals surface area contributed by atoms with E-state index in [0.29, 0.717) is 12.3 Å². The van der Waals surface area contributed by atoms with Crippen LogP contribution >= 0.6 is 0 Å². The summed E-state index contributed by atoms with van der Waals surface area (Å²) in [7, 11) is 3.72. The van der Waals surface area contributed by atoms with E-state index in [9.17, 15) is 9.90 Å². The van der Waals surface area contributed by atoms with Gasteiger partial charge in [-0.25, -0.2) is 0 Å². The fraction of sp³-hybridized carbons (Fsp3) is 0.962. The van der Waals surface area contributed by atoms with Gasteiger partial charge in [-0.1, -0.05) is 98.3 Å². The number of rotatable bonds is 18. The topological polar surface area (TPSA) is 49.8 Å². The summed E-state index contributed by atoms with van der Waals surface area (Å²) in [6.07, 6.45) is 15.8. The molecule has 0 aromatic carbocycles. The van der Waals surface area contributed by atoms with Gasteiger partial charge in [0, 0.05) is 0 Å². The molecule has 4 heteroatoms. The SMILES string of the molecule is CCCCCCCCCCCCCC(C)C(=O)OC(C)(N(C)C)C(C)(O)CC(C)C. The molecule has 0 saturated heterocycles. The lowest BCUT2D eigenvalue weighted by atomic mass is 9.84. The molecule has 0 spiro atoms. The molecule has 0 aliphatic rings. The molecule has 0 bridgehead atoms. The molecule has 0 saturated carbocycles. The highest BCUT2D eigenvalue weighted by molar-refractivity contribution is 5.72. The normalized spacial score (nSPS) is 17.0. The van der Waals surface area contributed by atoms with Gasteiger partial charge in [0.15, 0.2) is 5.72 Å². The van der Waals surface area contributed by atoms with Crippen molar-refractivity contribution in [2.45, 2.75) is 136 Å². The average Bonchev–Trinajstić information content (AvgIpc) is 2.64. The average molecular weight is 428 g/mol. The number of hydrogen-bond donors (Lipinski definition) is 1. The summed E-state index contributed by atoms with van der Waals surface area (Å²) < 4.78 is 5.91. The number of likely N-dealkylation sites (N-methyl/N-ethyl adjacent to an activating group) is 1. The third-order valence-corrected chi connectivity index (χ3v) is 6.60. The fourth-order valence-corrected chi connectivity index (χ4v) is 4.20. The minimum atomic E-state index is -1.11. The van der Waals surface area contributed by atoms with E-state index in [4.69, 9.17) is 4.74 Å². The van der Waals surface area contributed by atoms with Gasteiger partial charge in [0.2, 0.25) is 0 Å². The Balaban J connectivity index is 4.22. The molecule has 4 nitrogen and oxygen atoms in total. The van der Waals surface area contributed by atoms with Gasteiger partial charge >= 0.3 is 5.97 Å². The van der Waals surface area contributed by atoms with Crippen LogP contribution in [0, 0.1) is 11.8 Å². The van der Waals surface area contributed by atoms with Crippen molar-refractivity contribution in [3.05, 3.63) is 0 Å². The van der Waals surface area contributed by atoms with Crippen LogP contribution in [0.2, 0.25) is 0 Å². The third-order valence-electron chi connectivity index (χ3n) is 6.60. The number of unbranched alkanes of at least 4 members (excludes halogenated alkanes) is 10. The maximum atomic E-state index is 12.7. The lowest BCUT2D eigenvalue weighted by Crippen LogP contribution is -2.62. The Morgan fingerprint density at radius 3 is 1.70 bits per heavy atom. The standard InChI is InChI=1S/C26H53NO3/c1-9-10-11-12-13-14-15-16-17-18-19-20-23(4)24(28)30-26(6,27(7)8)25(5,29)21-22(2)3/h22-23,29H,9-21H2,1-8H3. The van der Waals surface area contributed by atoms with Gasteiger partial charge in [-0.15, -0.1) is 0 Å². The van der Waals surface area contributed by atoms with Crippen LogP contribution in [0.5, 0.6) is 0 Å². The number of carbonyl (C=O) groups excluding carboxylic acids is 1. The van der Waals surface area contributed by atoms with Crippen molar-refractivity contribution >= 4 is 5.97 Å². The monoisotopic (exact) mass is 427 g/mol. The summed E-state index contributed by atoms with van der Waals surface area (Å²) in [4.78, 5) is 14.6. The van der Waals surface area contributed by atoms with Crippen molar-refractivity contribution in [2.75, 3.05) is 14.1 Å². The maximum Gasteiger partial charge on any atom is 0.310 e. The minimum Gasteiger partial charge on any atom is -0.441 e. The third kappa shape index (κ3) is 11.1. The minimum absolute atomic E-state index is 0.141. The molecule has 0 aromatic heterocycles. The quantitative estimate of drug-likeness (QED) is 0.146. The molecule has 0 aromatic rings. The van der Waals surface area contributed by atoms with Gasteiger partial charge in [0.25, 0.3) is 0 Å². The van der Waals surface area contributed by atoms with E-state index in [1.165, 1.54) is 64.2 Å². The predicted octanol–water partition coefficient (Wildman–Crippen LogP) is 6.94. The number of hydrogen-bond acceptors (Lipinski definition) is 4. The Kier molecular flexibility index (Phi) is 14.9. The second-order valence-electron chi connectivity index (χ2n) is 10.4. The van der Waals surface area contributed by atoms with Gasteiger partial charge in [0.05, 0.1) is 5.92 Å². The summed E-state index contributed by atoms with van der Waals surface area (Å²) in [6, 6.07) is 0. The van der Waals surface area contributed by atoms with E-state index < -0.39 is 11.3 Å². The lowest BCUT2D eigenvalue weighted by molar-refractivity contribution is -0.236. The Hall–Kier alpha value is -0.610. The second-order valence-corrected chi connectivity index (χ2v) is 10.4. The van der Waals surface area contributed by atoms with Gasteiger partial charge in [-0.3, -0.25) is 9.69 Å². The van der Waals surface area contributed by atoms with E-state index in [0.717, 1.165) is 12.8 Å². The van der Waals surface area contributed by atoms with Gasteiger partial charge < -0.3 is 9.84 Å². The van der Waals surface area contributed by atoms with Gasteiger partial charge in [0.1, 0.15) is 5.60 Å². The number of esters is 1. The Morgan fingerprint density at radius 1 is 0.867 bits per heavy atom. The first-order valence-corrected chi connectivity index (χ1v) is 12.6. The van der Waals surface area contributed by atoms with Crippen molar-refractivity contribution in [1.29, 1.82) is 0 Å². The molecular formula is C26H53NO3. The molecule has 3 unspecified atom stereocenters. The molecule has 0 aliphatic carbocycles. The molecule has 180 valence electrons. The Labute approximate surface area is 188 Å². The molecule has 0 radical (unpaired) electrons. The summed E-state index contributed by atoms with van der Waals surface area (Å²) >= 11 is 0. The van der Waals surface area contributed by atoms with Crippen molar-refractivity contribution < 1.29 is 14.6 Å². The van der Waals surface area contributed by atoms with Gasteiger partial charge in [-0.05, 0) is 46.7 Å². The van der Waals surface area contributed by atoms with Crippen LogP contribution < -0.4 is 0 Å².